The number of aryl methyl sites for hydroxylation is 1. The van der Waals surface area contributed by atoms with E-state index in [1.54, 1.807) is 24.0 Å². The monoisotopic (exact) mass is 319 g/mol. The van der Waals surface area contributed by atoms with E-state index in [4.69, 9.17) is 0 Å². The van der Waals surface area contributed by atoms with E-state index >= 15 is 0 Å². The van der Waals surface area contributed by atoms with Gasteiger partial charge in [0, 0.05) is 25.4 Å². The first-order valence-electron chi connectivity index (χ1n) is 7.79. The first-order chi connectivity index (χ1) is 11.1. The lowest BCUT2D eigenvalue weighted by Gasteiger charge is -2.21. The summed E-state index contributed by atoms with van der Waals surface area (Å²) in [5.41, 5.74) is 0.476. The van der Waals surface area contributed by atoms with Crippen molar-refractivity contribution in [1.82, 2.24) is 14.9 Å². The fraction of sp³-hybridized carbons (Fsp3) is 0.412. The molecule has 1 aliphatic rings. The summed E-state index contributed by atoms with van der Waals surface area (Å²) < 4.78 is 28.6. The van der Waals surface area contributed by atoms with Gasteiger partial charge in [0.1, 0.15) is 11.9 Å². The topological polar surface area (TPSA) is 46.9 Å². The maximum absolute atomic E-state index is 13.6. The van der Waals surface area contributed by atoms with Crippen LogP contribution in [0.15, 0.2) is 30.6 Å². The Balaban J connectivity index is 1.91. The molecule has 0 aliphatic heterocycles. The third-order valence-electron chi connectivity index (χ3n) is 4.41. The summed E-state index contributed by atoms with van der Waals surface area (Å²) in [5, 5.41) is 2.95. The highest BCUT2D eigenvalue weighted by Gasteiger charge is 2.28. The van der Waals surface area contributed by atoms with E-state index in [2.05, 4.69) is 10.3 Å². The summed E-state index contributed by atoms with van der Waals surface area (Å²) in [6, 6.07) is 3.07. The van der Waals surface area contributed by atoms with Crippen LogP contribution in [0.3, 0.4) is 0 Å². The molecule has 122 valence electrons. The number of halogens is 2. The molecule has 0 unspecified atom stereocenters. The minimum Gasteiger partial charge on any atom is -0.342 e. The minimum atomic E-state index is -0.933. The van der Waals surface area contributed by atoms with Crippen molar-refractivity contribution in [2.45, 2.75) is 31.7 Å². The Bertz CT molecular complexity index is 708. The summed E-state index contributed by atoms with van der Waals surface area (Å²) >= 11 is 0. The highest BCUT2D eigenvalue weighted by atomic mass is 19.2. The Hall–Kier alpha value is -2.24. The number of hydrogen-bond donors (Lipinski definition) is 1. The first kappa shape index (κ1) is 15.6. The molecule has 1 fully saturated rings. The van der Waals surface area contributed by atoms with Gasteiger partial charge in [0.05, 0.1) is 0 Å². The molecule has 4 nitrogen and oxygen atoms in total. The Kier molecular flexibility index (Phi) is 4.41. The van der Waals surface area contributed by atoms with E-state index in [0.717, 1.165) is 37.8 Å². The second-order valence-electron chi connectivity index (χ2n) is 5.99. The second-order valence-corrected chi connectivity index (χ2v) is 5.99. The molecule has 1 aliphatic carbocycles. The molecule has 2 aromatic rings. The highest BCUT2D eigenvalue weighted by molar-refractivity contribution is 5.79. The number of amides is 1. The molecule has 3 rings (SSSR count). The zero-order chi connectivity index (χ0) is 16.4. The molecule has 0 spiro atoms. The third-order valence-corrected chi connectivity index (χ3v) is 4.41. The van der Waals surface area contributed by atoms with Crippen LogP contribution in [0.1, 0.15) is 43.1 Å². The van der Waals surface area contributed by atoms with Gasteiger partial charge in [-0.1, -0.05) is 18.9 Å². The SMILES string of the molecule is Cn1ccnc1[C@H](NC(=O)C1CCCC1)c1ccc(F)c(F)c1. The smallest absolute Gasteiger partial charge is 0.223 e. The van der Waals surface area contributed by atoms with Gasteiger partial charge in [0.2, 0.25) is 5.91 Å². The maximum Gasteiger partial charge on any atom is 0.223 e. The summed E-state index contributed by atoms with van der Waals surface area (Å²) in [6.07, 6.45) is 7.22. The average molecular weight is 319 g/mol. The van der Waals surface area contributed by atoms with Crippen molar-refractivity contribution >= 4 is 5.91 Å². The van der Waals surface area contributed by atoms with Crippen molar-refractivity contribution in [3.8, 4) is 0 Å². The van der Waals surface area contributed by atoms with Gasteiger partial charge in [0.25, 0.3) is 0 Å². The quantitative estimate of drug-likeness (QED) is 0.941. The van der Waals surface area contributed by atoms with Gasteiger partial charge in [-0.15, -0.1) is 0 Å². The van der Waals surface area contributed by atoms with Crippen LogP contribution in [0.5, 0.6) is 0 Å². The first-order valence-corrected chi connectivity index (χ1v) is 7.79. The fourth-order valence-corrected chi connectivity index (χ4v) is 3.09. The zero-order valence-corrected chi connectivity index (χ0v) is 12.9. The molecule has 1 aromatic heterocycles. The van der Waals surface area contributed by atoms with E-state index in [1.165, 1.54) is 6.07 Å². The number of carbonyl (C=O) groups is 1. The van der Waals surface area contributed by atoms with Gasteiger partial charge < -0.3 is 9.88 Å². The molecule has 1 N–H and O–H groups in total. The van der Waals surface area contributed by atoms with Crippen LogP contribution in [0.25, 0.3) is 0 Å². The lowest BCUT2D eigenvalue weighted by Crippen LogP contribution is -2.35. The molecule has 0 saturated heterocycles. The van der Waals surface area contributed by atoms with Gasteiger partial charge in [-0.3, -0.25) is 4.79 Å². The van der Waals surface area contributed by atoms with Gasteiger partial charge in [-0.2, -0.15) is 0 Å². The third kappa shape index (κ3) is 3.25. The van der Waals surface area contributed by atoms with E-state index in [1.807, 2.05) is 0 Å². The van der Waals surface area contributed by atoms with Crippen LogP contribution in [0.4, 0.5) is 8.78 Å². The molecule has 0 radical (unpaired) electrons. The summed E-state index contributed by atoms with van der Waals surface area (Å²) in [5.74, 6) is -1.32. The van der Waals surface area contributed by atoms with Crippen LogP contribution < -0.4 is 5.32 Å². The lowest BCUT2D eigenvalue weighted by molar-refractivity contribution is -0.125. The summed E-state index contributed by atoms with van der Waals surface area (Å²) in [7, 11) is 1.80. The molecule has 0 bridgehead atoms. The Morgan fingerprint density at radius 1 is 1.30 bits per heavy atom. The molecule has 6 heteroatoms. The standard InChI is InChI=1S/C17H19F2N3O/c1-22-9-8-20-16(22)15(12-6-7-13(18)14(19)10-12)21-17(23)11-4-2-3-5-11/h6-11,15H,2-5H2,1H3,(H,21,23)/t15-/m1/s1. The average Bonchev–Trinajstić information content (AvgIpc) is 3.19. The largest absolute Gasteiger partial charge is 0.342 e. The van der Waals surface area contributed by atoms with Gasteiger partial charge in [0.15, 0.2) is 11.6 Å². The van der Waals surface area contributed by atoms with Gasteiger partial charge in [-0.05, 0) is 30.5 Å². The molecule has 1 heterocycles. The van der Waals surface area contributed by atoms with Crippen LogP contribution >= 0.6 is 0 Å². The molecule has 1 saturated carbocycles. The van der Waals surface area contributed by atoms with E-state index < -0.39 is 17.7 Å². The van der Waals surface area contributed by atoms with Gasteiger partial charge in [-0.25, -0.2) is 13.8 Å². The summed E-state index contributed by atoms with van der Waals surface area (Å²) in [6.45, 7) is 0. The van der Waals surface area contributed by atoms with Crippen molar-refractivity contribution < 1.29 is 13.6 Å². The molecule has 1 aromatic carbocycles. The molecule has 1 atom stereocenters. The van der Waals surface area contributed by atoms with Crippen LogP contribution in [0.2, 0.25) is 0 Å². The Morgan fingerprint density at radius 2 is 2.04 bits per heavy atom. The van der Waals surface area contributed by atoms with Crippen LogP contribution in [-0.2, 0) is 11.8 Å². The highest BCUT2D eigenvalue weighted by Crippen LogP contribution is 2.28. The fourth-order valence-electron chi connectivity index (χ4n) is 3.09. The van der Waals surface area contributed by atoms with E-state index in [-0.39, 0.29) is 11.8 Å². The van der Waals surface area contributed by atoms with Gasteiger partial charge >= 0.3 is 0 Å². The van der Waals surface area contributed by atoms with E-state index in [9.17, 15) is 13.6 Å². The van der Waals surface area contributed by atoms with Crippen molar-refractivity contribution in [2.75, 3.05) is 0 Å². The number of imidazole rings is 1. The number of nitrogens with one attached hydrogen (secondary N) is 1. The molecular formula is C17H19F2N3O. The second kappa shape index (κ2) is 6.48. The van der Waals surface area contributed by atoms with Crippen molar-refractivity contribution in [2.24, 2.45) is 13.0 Å². The van der Waals surface area contributed by atoms with Crippen molar-refractivity contribution in [3.63, 3.8) is 0 Å². The summed E-state index contributed by atoms with van der Waals surface area (Å²) in [4.78, 5) is 16.7. The predicted octanol–water partition coefficient (Wildman–Crippen LogP) is 3.09. The molecule has 23 heavy (non-hydrogen) atoms. The number of benzene rings is 1. The maximum atomic E-state index is 13.6. The number of aromatic nitrogens is 2. The Morgan fingerprint density at radius 3 is 2.65 bits per heavy atom. The normalized spacial score (nSPS) is 16.5. The molecule has 1 amide bonds. The van der Waals surface area contributed by atoms with Crippen LogP contribution in [-0.4, -0.2) is 15.5 Å². The number of rotatable bonds is 4. The number of carbonyl (C=O) groups excluding carboxylic acids is 1. The predicted molar refractivity (Wildman–Crippen MR) is 81.5 cm³/mol. The lowest BCUT2D eigenvalue weighted by atomic mass is 10.0. The molecular weight excluding hydrogens is 300 g/mol. The van der Waals surface area contributed by atoms with Crippen LogP contribution in [0, 0.1) is 17.6 Å². The Labute approximate surface area is 133 Å². The van der Waals surface area contributed by atoms with Crippen molar-refractivity contribution in [3.05, 3.63) is 53.6 Å². The van der Waals surface area contributed by atoms with Crippen molar-refractivity contribution in [1.29, 1.82) is 0 Å². The number of nitrogens with zero attached hydrogens (tertiary/aromatic N) is 2. The minimum absolute atomic E-state index is 0.0111. The number of hydrogen-bond acceptors (Lipinski definition) is 2. The zero-order valence-electron chi connectivity index (χ0n) is 12.9. The van der Waals surface area contributed by atoms with E-state index in [0.29, 0.717) is 11.4 Å².